The lowest BCUT2D eigenvalue weighted by Crippen LogP contribution is -2.20. The number of carbonyl (C=O) groups is 1. The second-order valence-electron chi connectivity index (χ2n) is 5.99. The maximum absolute atomic E-state index is 11.3. The van der Waals surface area contributed by atoms with Crippen LogP contribution >= 0.6 is 11.6 Å². The van der Waals surface area contributed by atoms with Gasteiger partial charge in [-0.05, 0) is 41.5 Å². The minimum absolute atomic E-state index is 0.105. The molecule has 1 atom stereocenters. The van der Waals surface area contributed by atoms with E-state index < -0.39 is 0 Å². The molecule has 6 nitrogen and oxygen atoms in total. The molecular weight excluding hydrogens is 350 g/mol. The molecule has 1 aliphatic heterocycles. The number of nitrogens with zero attached hydrogens (tertiary/aromatic N) is 3. The third-order valence-electron chi connectivity index (χ3n) is 4.11. The third-order valence-corrected chi connectivity index (χ3v) is 4.37. The van der Waals surface area contributed by atoms with Gasteiger partial charge in [-0.25, -0.2) is 4.68 Å². The van der Waals surface area contributed by atoms with Crippen LogP contribution in [0.15, 0.2) is 60.9 Å². The van der Waals surface area contributed by atoms with Crippen molar-refractivity contribution in [2.24, 2.45) is 0 Å². The number of benzene rings is 2. The van der Waals surface area contributed by atoms with Gasteiger partial charge in [-0.15, -0.1) is 0 Å². The average molecular weight is 366 g/mol. The highest BCUT2D eigenvalue weighted by molar-refractivity contribution is 6.30. The maximum atomic E-state index is 11.3. The summed E-state index contributed by atoms with van der Waals surface area (Å²) >= 11 is 6.02. The predicted molar refractivity (Wildman–Crippen MR) is 102 cm³/mol. The summed E-state index contributed by atoms with van der Waals surface area (Å²) in [5.41, 5.74) is 3.65. The standard InChI is InChI=1S/C19H16ClN5O/c1-12(26)23-16-4-2-3-14(9-16)17-10-18(13-5-7-15(20)8-6-13)25-19(24-17)21-11-22-25/h2-11,18H,1H3,(H,23,26)(H,21,22,24). The first kappa shape index (κ1) is 16.4. The molecule has 1 aliphatic rings. The number of aromatic nitrogens is 3. The van der Waals surface area contributed by atoms with Crippen molar-refractivity contribution in [3.8, 4) is 0 Å². The zero-order valence-electron chi connectivity index (χ0n) is 14.0. The number of amides is 1. The number of hydrogen-bond donors (Lipinski definition) is 2. The number of nitrogens with one attached hydrogen (secondary N) is 2. The van der Waals surface area contributed by atoms with Crippen molar-refractivity contribution in [2.45, 2.75) is 13.0 Å². The molecule has 0 saturated heterocycles. The molecule has 0 bridgehead atoms. The fourth-order valence-electron chi connectivity index (χ4n) is 2.97. The molecule has 0 fully saturated rings. The molecule has 1 aromatic heterocycles. The Kier molecular flexibility index (Phi) is 4.18. The van der Waals surface area contributed by atoms with Crippen LogP contribution in [0.2, 0.25) is 5.02 Å². The van der Waals surface area contributed by atoms with Gasteiger partial charge >= 0.3 is 0 Å². The third kappa shape index (κ3) is 3.19. The number of halogens is 1. The van der Waals surface area contributed by atoms with Gasteiger partial charge in [0.25, 0.3) is 0 Å². The molecule has 2 N–H and O–H groups in total. The number of carbonyl (C=O) groups excluding carboxylic acids is 1. The normalized spacial score (nSPS) is 15.6. The highest BCUT2D eigenvalue weighted by Gasteiger charge is 2.23. The van der Waals surface area contributed by atoms with Crippen molar-refractivity contribution in [3.05, 3.63) is 77.1 Å². The van der Waals surface area contributed by atoms with E-state index >= 15 is 0 Å². The molecule has 1 amide bonds. The van der Waals surface area contributed by atoms with Crippen LogP contribution in [-0.4, -0.2) is 20.7 Å². The molecule has 2 heterocycles. The summed E-state index contributed by atoms with van der Waals surface area (Å²) in [6, 6.07) is 15.2. The van der Waals surface area contributed by atoms with Crippen LogP contribution in [0.1, 0.15) is 24.1 Å². The first-order chi connectivity index (χ1) is 12.6. The Hall–Kier alpha value is -3.12. The summed E-state index contributed by atoms with van der Waals surface area (Å²) in [6.07, 6.45) is 3.60. The minimum atomic E-state index is -0.106. The van der Waals surface area contributed by atoms with Crippen LogP contribution in [0.4, 0.5) is 11.6 Å². The maximum Gasteiger partial charge on any atom is 0.226 e. The minimum Gasteiger partial charge on any atom is -0.326 e. The first-order valence-corrected chi connectivity index (χ1v) is 8.50. The van der Waals surface area contributed by atoms with E-state index in [2.05, 4.69) is 26.8 Å². The van der Waals surface area contributed by atoms with Gasteiger partial charge in [0.1, 0.15) is 12.4 Å². The van der Waals surface area contributed by atoms with E-state index in [1.165, 1.54) is 13.3 Å². The van der Waals surface area contributed by atoms with E-state index in [9.17, 15) is 4.79 Å². The van der Waals surface area contributed by atoms with E-state index in [-0.39, 0.29) is 11.9 Å². The van der Waals surface area contributed by atoms with Gasteiger partial charge in [-0.2, -0.15) is 10.1 Å². The van der Waals surface area contributed by atoms with E-state index in [1.807, 2.05) is 53.2 Å². The lowest BCUT2D eigenvalue weighted by Gasteiger charge is -2.24. The van der Waals surface area contributed by atoms with Gasteiger partial charge in [0.05, 0.1) is 0 Å². The first-order valence-electron chi connectivity index (χ1n) is 8.12. The summed E-state index contributed by atoms with van der Waals surface area (Å²) in [7, 11) is 0. The van der Waals surface area contributed by atoms with E-state index in [0.717, 1.165) is 22.5 Å². The Bertz CT molecular complexity index is 993. The topological polar surface area (TPSA) is 71.8 Å². The molecule has 130 valence electrons. The van der Waals surface area contributed by atoms with Gasteiger partial charge in [0.2, 0.25) is 11.9 Å². The molecule has 0 spiro atoms. The number of allylic oxidation sites excluding steroid dienone is 1. The Morgan fingerprint density at radius 3 is 2.81 bits per heavy atom. The molecule has 2 aromatic carbocycles. The molecule has 4 rings (SSSR count). The molecule has 0 aliphatic carbocycles. The van der Waals surface area contributed by atoms with Gasteiger partial charge in [0.15, 0.2) is 0 Å². The van der Waals surface area contributed by atoms with Gasteiger partial charge in [-0.3, -0.25) is 4.79 Å². The lowest BCUT2D eigenvalue weighted by molar-refractivity contribution is -0.114. The molecule has 1 unspecified atom stereocenters. The number of anilines is 2. The van der Waals surface area contributed by atoms with Crippen molar-refractivity contribution in [3.63, 3.8) is 0 Å². The second-order valence-corrected chi connectivity index (χ2v) is 6.43. The molecule has 26 heavy (non-hydrogen) atoms. The van der Waals surface area contributed by atoms with Gasteiger partial charge in [-0.1, -0.05) is 35.9 Å². The Labute approximate surface area is 155 Å². The molecule has 0 saturated carbocycles. The molecule has 7 heteroatoms. The smallest absolute Gasteiger partial charge is 0.226 e. The summed E-state index contributed by atoms with van der Waals surface area (Å²) in [6.45, 7) is 1.49. The fraction of sp³-hybridized carbons (Fsp3) is 0.105. The van der Waals surface area contributed by atoms with Crippen molar-refractivity contribution in [1.29, 1.82) is 0 Å². The number of rotatable bonds is 3. The summed E-state index contributed by atoms with van der Waals surface area (Å²) < 4.78 is 1.82. The Morgan fingerprint density at radius 1 is 1.23 bits per heavy atom. The van der Waals surface area contributed by atoms with Crippen LogP contribution in [0.3, 0.4) is 0 Å². The fourth-order valence-corrected chi connectivity index (χ4v) is 3.09. The van der Waals surface area contributed by atoms with Crippen molar-refractivity contribution < 1.29 is 4.79 Å². The summed E-state index contributed by atoms with van der Waals surface area (Å²) in [5, 5.41) is 11.1. The van der Waals surface area contributed by atoms with Crippen LogP contribution in [-0.2, 0) is 4.79 Å². The van der Waals surface area contributed by atoms with Crippen molar-refractivity contribution >= 4 is 34.8 Å². The zero-order chi connectivity index (χ0) is 18.1. The van der Waals surface area contributed by atoms with Crippen LogP contribution in [0.25, 0.3) is 5.70 Å². The number of hydrogen-bond acceptors (Lipinski definition) is 4. The van der Waals surface area contributed by atoms with Crippen LogP contribution in [0, 0.1) is 0 Å². The van der Waals surface area contributed by atoms with E-state index in [4.69, 9.17) is 11.6 Å². The summed E-state index contributed by atoms with van der Waals surface area (Å²) in [5.74, 6) is 0.555. The van der Waals surface area contributed by atoms with Gasteiger partial charge < -0.3 is 10.6 Å². The largest absolute Gasteiger partial charge is 0.326 e. The molecule has 0 radical (unpaired) electrons. The molecule has 3 aromatic rings. The number of fused-ring (bicyclic) bond motifs is 1. The summed E-state index contributed by atoms with van der Waals surface area (Å²) in [4.78, 5) is 15.6. The highest BCUT2D eigenvalue weighted by atomic mass is 35.5. The SMILES string of the molecule is CC(=O)Nc1cccc(C2=CC(c3ccc(Cl)cc3)n3ncnc3N2)c1. The zero-order valence-corrected chi connectivity index (χ0v) is 14.7. The van der Waals surface area contributed by atoms with Crippen LogP contribution in [0.5, 0.6) is 0 Å². The lowest BCUT2D eigenvalue weighted by atomic mass is 10.0. The Morgan fingerprint density at radius 2 is 2.04 bits per heavy atom. The van der Waals surface area contributed by atoms with Crippen LogP contribution < -0.4 is 10.6 Å². The highest BCUT2D eigenvalue weighted by Crippen LogP contribution is 2.32. The molecular formula is C19H16ClN5O. The van der Waals surface area contributed by atoms with E-state index in [1.54, 1.807) is 0 Å². The van der Waals surface area contributed by atoms with Crippen molar-refractivity contribution in [1.82, 2.24) is 14.8 Å². The van der Waals surface area contributed by atoms with Crippen molar-refractivity contribution in [2.75, 3.05) is 10.6 Å². The monoisotopic (exact) mass is 365 g/mol. The van der Waals surface area contributed by atoms with Gasteiger partial charge in [0, 0.05) is 23.3 Å². The quantitative estimate of drug-likeness (QED) is 0.737. The second kappa shape index (κ2) is 6.65. The average Bonchev–Trinajstić information content (AvgIpc) is 3.10. The Balaban J connectivity index is 1.75. The predicted octanol–water partition coefficient (Wildman–Crippen LogP) is 3.95. The van der Waals surface area contributed by atoms with E-state index in [0.29, 0.717) is 11.0 Å².